The maximum atomic E-state index is 11.3. The number of rotatable bonds is 2. The van der Waals surface area contributed by atoms with Gasteiger partial charge in [0.1, 0.15) is 6.04 Å². The number of hydrogen-bond acceptors (Lipinski definition) is 3. The van der Waals surface area contributed by atoms with E-state index in [1.165, 1.54) is 7.05 Å². The first-order valence-corrected chi connectivity index (χ1v) is 4.79. The van der Waals surface area contributed by atoms with Crippen molar-refractivity contribution >= 4 is 16.8 Å². The quantitative estimate of drug-likeness (QED) is 0.552. The summed E-state index contributed by atoms with van der Waals surface area (Å²) >= 11 is 0. The highest BCUT2D eigenvalue weighted by molar-refractivity contribution is 7.69. The topological polar surface area (TPSA) is 57.7 Å². The Labute approximate surface area is 73.0 Å². The van der Waals surface area contributed by atoms with Crippen LogP contribution in [0.1, 0.15) is 6.42 Å². The van der Waals surface area contributed by atoms with E-state index in [1.54, 1.807) is 11.9 Å². The van der Waals surface area contributed by atoms with Crippen LogP contribution in [-0.4, -0.2) is 50.2 Å². The molecular formula is C6H12N2O3S. The van der Waals surface area contributed by atoms with Gasteiger partial charge in [0.2, 0.25) is 16.8 Å². The molecule has 0 unspecified atom stereocenters. The largest absolute Gasteiger partial charge is 0.344 e. The molecule has 0 aromatic carbocycles. The minimum absolute atomic E-state index is 0.114. The van der Waals surface area contributed by atoms with Gasteiger partial charge in [0.25, 0.3) is 0 Å². The van der Waals surface area contributed by atoms with Gasteiger partial charge >= 0.3 is 0 Å². The molecule has 1 amide bonds. The molecule has 12 heavy (non-hydrogen) atoms. The highest BCUT2D eigenvalue weighted by atomic mass is 32.2. The minimum Gasteiger partial charge on any atom is -0.344 e. The predicted octanol–water partition coefficient (Wildman–Crippen LogP) is -1.32. The van der Waals surface area contributed by atoms with Crippen molar-refractivity contribution in [2.24, 2.45) is 0 Å². The number of thiol groups is 1. The van der Waals surface area contributed by atoms with E-state index in [-0.39, 0.29) is 5.91 Å². The molecule has 1 rings (SSSR count). The summed E-state index contributed by atoms with van der Waals surface area (Å²) in [6, 6.07) is -0.476. The first kappa shape index (κ1) is 9.47. The zero-order valence-electron chi connectivity index (χ0n) is 7.06. The zero-order chi connectivity index (χ0) is 9.30. The molecule has 1 saturated heterocycles. The second-order valence-electron chi connectivity index (χ2n) is 2.88. The van der Waals surface area contributed by atoms with Crippen LogP contribution in [0.3, 0.4) is 0 Å². The second kappa shape index (κ2) is 3.40. The Balaban J connectivity index is 2.72. The van der Waals surface area contributed by atoms with Crippen molar-refractivity contribution in [2.45, 2.75) is 12.5 Å². The smallest absolute Gasteiger partial charge is 0.240 e. The number of likely N-dealkylation sites (N-methyl/N-ethyl adjacent to an activating group) is 2. The number of amides is 1. The first-order chi connectivity index (χ1) is 5.54. The van der Waals surface area contributed by atoms with Crippen molar-refractivity contribution in [2.75, 3.05) is 20.6 Å². The Morgan fingerprint density at radius 1 is 1.58 bits per heavy atom. The van der Waals surface area contributed by atoms with Gasteiger partial charge in [-0.25, -0.2) is 8.42 Å². The van der Waals surface area contributed by atoms with E-state index in [1.807, 2.05) is 0 Å². The third-order valence-corrected chi connectivity index (χ3v) is 2.90. The molecular weight excluding hydrogens is 180 g/mol. The van der Waals surface area contributed by atoms with Crippen LogP contribution >= 0.6 is 0 Å². The lowest BCUT2D eigenvalue weighted by molar-refractivity contribution is -0.129. The van der Waals surface area contributed by atoms with E-state index >= 15 is 0 Å². The van der Waals surface area contributed by atoms with Gasteiger partial charge in [-0.2, -0.15) is 4.31 Å². The molecule has 0 radical (unpaired) electrons. The number of likely N-dealkylation sites (tertiary alicyclic amines) is 1. The highest BCUT2D eigenvalue weighted by Gasteiger charge is 2.33. The van der Waals surface area contributed by atoms with Crippen LogP contribution in [0.25, 0.3) is 0 Å². The van der Waals surface area contributed by atoms with Crippen LogP contribution in [0.2, 0.25) is 0 Å². The summed E-state index contributed by atoms with van der Waals surface area (Å²) in [5.74, 6) is -0.114. The Morgan fingerprint density at radius 2 is 2.17 bits per heavy atom. The van der Waals surface area contributed by atoms with Crippen LogP contribution in [0.4, 0.5) is 0 Å². The van der Waals surface area contributed by atoms with Crippen LogP contribution in [0.5, 0.6) is 0 Å². The predicted molar refractivity (Wildman–Crippen MR) is 44.1 cm³/mol. The van der Waals surface area contributed by atoms with Crippen molar-refractivity contribution in [3.8, 4) is 0 Å². The molecule has 0 aromatic heterocycles. The fraction of sp³-hybridized carbons (Fsp3) is 0.833. The minimum atomic E-state index is -2.63. The molecule has 1 heterocycles. The van der Waals surface area contributed by atoms with Gasteiger partial charge in [-0.3, -0.25) is 4.79 Å². The van der Waals surface area contributed by atoms with Gasteiger partial charge < -0.3 is 4.90 Å². The van der Waals surface area contributed by atoms with Crippen LogP contribution in [-0.2, 0) is 15.7 Å². The summed E-state index contributed by atoms with van der Waals surface area (Å²) in [5, 5.41) is 0. The van der Waals surface area contributed by atoms with E-state index in [2.05, 4.69) is 0 Å². The number of carbonyl (C=O) groups excluding carboxylic acids is 1. The first-order valence-electron chi connectivity index (χ1n) is 3.66. The summed E-state index contributed by atoms with van der Waals surface area (Å²) in [4.78, 5) is 12.8. The van der Waals surface area contributed by atoms with Gasteiger partial charge in [0.15, 0.2) is 0 Å². The SMILES string of the molecule is CN1CC[C@H](N(C)[SH](=O)=O)C1=O. The van der Waals surface area contributed by atoms with E-state index in [0.717, 1.165) is 4.31 Å². The molecule has 1 atom stereocenters. The average Bonchev–Trinajstić information content (AvgIpc) is 2.32. The molecule has 0 aliphatic carbocycles. The van der Waals surface area contributed by atoms with Crippen LogP contribution in [0, 0.1) is 0 Å². The fourth-order valence-electron chi connectivity index (χ4n) is 1.26. The van der Waals surface area contributed by atoms with E-state index in [4.69, 9.17) is 0 Å². The Bertz CT molecular complexity index is 256. The Hall–Kier alpha value is -0.620. The molecule has 0 saturated carbocycles. The second-order valence-corrected chi connectivity index (χ2v) is 3.98. The third-order valence-electron chi connectivity index (χ3n) is 2.11. The molecule has 0 bridgehead atoms. The van der Waals surface area contributed by atoms with Crippen molar-refractivity contribution in [3.05, 3.63) is 0 Å². The molecule has 1 aliphatic rings. The summed E-state index contributed by atoms with van der Waals surface area (Å²) in [7, 11) is 0.466. The molecule has 0 aromatic rings. The van der Waals surface area contributed by atoms with Crippen molar-refractivity contribution < 1.29 is 13.2 Å². The summed E-state index contributed by atoms with van der Waals surface area (Å²) < 4.78 is 22.2. The molecule has 6 heteroatoms. The summed E-state index contributed by atoms with van der Waals surface area (Å²) in [5.41, 5.74) is 0. The van der Waals surface area contributed by atoms with E-state index in [0.29, 0.717) is 13.0 Å². The molecule has 0 N–H and O–H groups in total. The molecule has 1 fully saturated rings. The monoisotopic (exact) mass is 192 g/mol. The van der Waals surface area contributed by atoms with Gasteiger partial charge in [-0.1, -0.05) is 0 Å². The normalized spacial score (nSPS) is 24.5. The third kappa shape index (κ3) is 1.59. The Kier molecular flexibility index (Phi) is 2.69. The lowest BCUT2D eigenvalue weighted by atomic mass is 10.3. The lowest BCUT2D eigenvalue weighted by Crippen LogP contribution is -2.37. The maximum Gasteiger partial charge on any atom is 0.240 e. The molecule has 70 valence electrons. The van der Waals surface area contributed by atoms with Crippen molar-refractivity contribution in [3.63, 3.8) is 0 Å². The standard InChI is InChI=1S/C6H12N2O3S/c1-7-4-3-5(6(7)9)8(2)12(10)11/h5,12H,3-4H2,1-2H3/t5-/m0/s1. The maximum absolute atomic E-state index is 11.3. The molecule has 5 nitrogen and oxygen atoms in total. The summed E-state index contributed by atoms with van der Waals surface area (Å²) in [6.07, 6.45) is 0.592. The van der Waals surface area contributed by atoms with E-state index < -0.39 is 16.9 Å². The fourth-order valence-corrected chi connectivity index (χ4v) is 1.71. The summed E-state index contributed by atoms with van der Waals surface area (Å²) in [6.45, 7) is 0.636. The number of hydrogen-bond donors (Lipinski definition) is 1. The van der Waals surface area contributed by atoms with Crippen molar-refractivity contribution in [1.82, 2.24) is 9.21 Å². The Morgan fingerprint density at radius 3 is 2.50 bits per heavy atom. The van der Waals surface area contributed by atoms with E-state index in [9.17, 15) is 13.2 Å². The number of carbonyl (C=O) groups is 1. The zero-order valence-corrected chi connectivity index (χ0v) is 7.95. The van der Waals surface area contributed by atoms with Gasteiger partial charge in [0.05, 0.1) is 0 Å². The number of nitrogens with zero attached hydrogens (tertiary/aromatic N) is 2. The lowest BCUT2D eigenvalue weighted by Gasteiger charge is -2.15. The average molecular weight is 192 g/mol. The molecule has 1 aliphatic heterocycles. The van der Waals surface area contributed by atoms with Crippen LogP contribution < -0.4 is 0 Å². The van der Waals surface area contributed by atoms with Gasteiger partial charge in [-0.05, 0) is 6.42 Å². The van der Waals surface area contributed by atoms with Crippen molar-refractivity contribution in [1.29, 1.82) is 0 Å². The van der Waals surface area contributed by atoms with Gasteiger partial charge in [-0.15, -0.1) is 0 Å². The van der Waals surface area contributed by atoms with Gasteiger partial charge in [0, 0.05) is 20.6 Å². The van der Waals surface area contributed by atoms with Crippen LogP contribution in [0.15, 0.2) is 0 Å². The molecule has 0 spiro atoms. The highest BCUT2D eigenvalue weighted by Crippen LogP contribution is 2.13.